The monoisotopic (exact) mass is 516 g/mol. The molecule has 2 amide bonds. The van der Waals surface area contributed by atoms with Crippen LogP contribution in [0.25, 0.3) is 11.8 Å². The van der Waals surface area contributed by atoms with E-state index in [0.717, 1.165) is 5.56 Å². The standard InChI is InChI=1S/C26H21ClN6O4/c27-20-10-11-23(33-16-28-31-32-33)18(14-20)9-12-24(34)30-22(13-17-5-2-1-3-6-17)25(35)29-21-8-4-7-19(15-21)26(36)37/h1-12,14-16,22H,13H2,(H,29,35)(H,30,34)(H,36,37)/t22-/m0/s1. The summed E-state index contributed by atoms with van der Waals surface area (Å²) >= 11 is 6.13. The Morgan fingerprint density at radius 2 is 1.84 bits per heavy atom. The molecule has 3 N–H and O–H groups in total. The van der Waals surface area contributed by atoms with Crippen LogP contribution in [-0.2, 0) is 16.0 Å². The van der Waals surface area contributed by atoms with Crippen molar-refractivity contribution in [1.82, 2.24) is 25.5 Å². The van der Waals surface area contributed by atoms with Crippen molar-refractivity contribution >= 4 is 41.1 Å². The molecule has 0 aliphatic rings. The van der Waals surface area contributed by atoms with Crippen molar-refractivity contribution in [3.05, 3.63) is 107 Å². The molecule has 4 aromatic rings. The number of benzene rings is 3. The van der Waals surface area contributed by atoms with Crippen LogP contribution in [0.4, 0.5) is 5.69 Å². The van der Waals surface area contributed by atoms with Crippen LogP contribution >= 0.6 is 11.6 Å². The van der Waals surface area contributed by atoms with Gasteiger partial charge in [0.25, 0.3) is 0 Å². The molecule has 37 heavy (non-hydrogen) atoms. The first-order valence-electron chi connectivity index (χ1n) is 11.1. The van der Waals surface area contributed by atoms with Gasteiger partial charge >= 0.3 is 5.97 Å². The molecule has 0 saturated heterocycles. The molecule has 0 spiro atoms. The first-order chi connectivity index (χ1) is 17.9. The van der Waals surface area contributed by atoms with E-state index in [9.17, 15) is 19.5 Å². The quantitative estimate of drug-likeness (QED) is 0.290. The lowest BCUT2D eigenvalue weighted by molar-refractivity contribution is -0.123. The van der Waals surface area contributed by atoms with Gasteiger partial charge in [0.2, 0.25) is 11.8 Å². The average Bonchev–Trinajstić information content (AvgIpc) is 3.43. The van der Waals surface area contributed by atoms with Crippen LogP contribution in [0.2, 0.25) is 5.02 Å². The number of aromatic nitrogens is 4. The number of nitrogens with one attached hydrogen (secondary N) is 2. The second-order valence-electron chi connectivity index (χ2n) is 7.92. The lowest BCUT2D eigenvalue weighted by atomic mass is 10.0. The predicted molar refractivity (Wildman–Crippen MR) is 137 cm³/mol. The Balaban J connectivity index is 1.53. The maximum absolute atomic E-state index is 13.1. The Labute approximate surface area is 216 Å². The number of carbonyl (C=O) groups is 3. The minimum absolute atomic E-state index is 0.0317. The second-order valence-corrected chi connectivity index (χ2v) is 8.35. The number of amides is 2. The van der Waals surface area contributed by atoms with E-state index >= 15 is 0 Å². The first kappa shape index (κ1) is 25.3. The van der Waals surface area contributed by atoms with Crippen molar-refractivity contribution < 1.29 is 19.5 Å². The molecule has 0 unspecified atom stereocenters. The Bertz CT molecular complexity index is 1440. The number of tetrazole rings is 1. The third-order valence-electron chi connectivity index (χ3n) is 5.29. The summed E-state index contributed by atoms with van der Waals surface area (Å²) in [6.45, 7) is 0. The molecule has 10 nitrogen and oxygen atoms in total. The molecule has 0 aliphatic heterocycles. The highest BCUT2D eigenvalue weighted by atomic mass is 35.5. The number of anilines is 1. The number of nitrogens with zero attached hydrogens (tertiary/aromatic N) is 4. The van der Waals surface area contributed by atoms with Crippen LogP contribution in [0, 0.1) is 0 Å². The number of hydrogen-bond donors (Lipinski definition) is 3. The van der Waals surface area contributed by atoms with E-state index in [1.54, 1.807) is 30.3 Å². The molecular formula is C26H21ClN6O4. The van der Waals surface area contributed by atoms with Gasteiger partial charge in [-0.05, 0) is 58.5 Å². The van der Waals surface area contributed by atoms with Crippen molar-refractivity contribution in [3.8, 4) is 5.69 Å². The van der Waals surface area contributed by atoms with E-state index in [2.05, 4.69) is 26.2 Å². The topological polar surface area (TPSA) is 139 Å². The van der Waals surface area contributed by atoms with Crippen molar-refractivity contribution in [2.45, 2.75) is 12.5 Å². The summed E-state index contributed by atoms with van der Waals surface area (Å²) in [4.78, 5) is 37.3. The van der Waals surface area contributed by atoms with E-state index in [1.165, 1.54) is 35.3 Å². The van der Waals surface area contributed by atoms with Gasteiger partial charge in [-0.1, -0.05) is 48.0 Å². The van der Waals surface area contributed by atoms with Crippen LogP contribution in [-0.4, -0.2) is 49.1 Å². The summed E-state index contributed by atoms with van der Waals surface area (Å²) in [5.41, 5.74) is 2.36. The molecule has 3 aromatic carbocycles. The number of hydrogen-bond acceptors (Lipinski definition) is 6. The minimum atomic E-state index is -1.11. The molecule has 1 heterocycles. The Morgan fingerprint density at radius 3 is 2.57 bits per heavy atom. The molecule has 0 fully saturated rings. The number of rotatable bonds is 9. The summed E-state index contributed by atoms with van der Waals surface area (Å²) in [6, 6.07) is 19.2. The number of aromatic carboxylic acids is 1. The molecule has 0 saturated carbocycles. The van der Waals surface area contributed by atoms with Crippen LogP contribution in [0.15, 0.2) is 85.2 Å². The molecule has 0 aliphatic carbocycles. The van der Waals surface area contributed by atoms with Crippen molar-refractivity contribution in [2.75, 3.05) is 5.32 Å². The fraction of sp³-hybridized carbons (Fsp3) is 0.0769. The highest BCUT2D eigenvalue weighted by Gasteiger charge is 2.21. The third kappa shape index (κ3) is 6.86. The second kappa shape index (κ2) is 11.7. The Morgan fingerprint density at radius 1 is 1.03 bits per heavy atom. The van der Waals surface area contributed by atoms with Crippen LogP contribution in [0.1, 0.15) is 21.5 Å². The number of carboxylic acids is 1. The van der Waals surface area contributed by atoms with E-state index in [0.29, 0.717) is 22.0 Å². The Hall–Kier alpha value is -4.83. The maximum Gasteiger partial charge on any atom is 0.335 e. The average molecular weight is 517 g/mol. The van der Waals surface area contributed by atoms with Gasteiger partial charge in [0.1, 0.15) is 12.4 Å². The van der Waals surface area contributed by atoms with Crippen molar-refractivity contribution in [2.24, 2.45) is 0 Å². The van der Waals surface area contributed by atoms with Gasteiger partial charge in [-0.2, -0.15) is 4.68 Å². The van der Waals surface area contributed by atoms with E-state index in [1.807, 2.05) is 30.3 Å². The van der Waals surface area contributed by atoms with Gasteiger partial charge in [0, 0.05) is 28.8 Å². The van der Waals surface area contributed by atoms with Gasteiger partial charge in [-0.3, -0.25) is 9.59 Å². The summed E-state index contributed by atoms with van der Waals surface area (Å²) < 4.78 is 1.44. The summed E-state index contributed by atoms with van der Waals surface area (Å²) in [6.07, 6.45) is 4.47. The summed E-state index contributed by atoms with van der Waals surface area (Å²) in [7, 11) is 0. The lowest BCUT2D eigenvalue weighted by Gasteiger charge is -2.18. The number of halogens is 1. The van der Waals surface area contributed by atoms with Crippen molar-refractivity contribution in [1.29, 1.82) is 0 Å². The lowest BCUT2D eigenvalue weighted by Crippen LogP contribution is -2.44. The zero-order valence-corrected chi connectivity index (χ0v) is 20.0. The fourth-order valence-corrected chi connectivity index (χ4v) is 3.72. The molecule has 11 heteroatoms. The normalized spacial score (nSPS) is 11.7. The third-order valence-corrected chi connectivity index (χ3v) is 5.53. The fourth-order valence-electron chi connectivity index (χ4n) is 3.54. The Kier molecular flexibility index (Phi) is 8.01. The van der Waals surface area contributed by atoms with E-state index < -0.39 is 23.8 Å². The van der Waals surface area contributed by atoms with Crippen molar-refractivity contribution in [3.63, 3.8) is 0 Å². The molecule has 0 bridgehead atoms. The summed E-state index contributed by atoms with van der Waals surface area (Å²) in [5, 5.41) is 26.2. The van der Waals surface area contributed by atoms with Gasteiger partial charge in [-0.25, -0.2) is 4.79 Å². The summed E-state index contributed by atoms with van der Waals surface area (Å²) in [5.74, 6) is -2.12. The molecular weight excluding hydrogens is 496 g/mol. The van der Waals surface area contributed by atoms with Crippen LogP contribution < -0.4 is 10.6 Å². The number of carbonyl (C=O) groups excluding carboxylic acids is 2. The zero-order valence-electron chi connectivity index (χ0n) is 19.3. The highest BCUT2D eigenvalue weighted by Crippen LogP contribution is 2.20. The van der Waals surface area contributed by atoms with E-state index in [-0.39, 0.29) is 12.0 Å². The van der Waals surface area contributed by atoms with E-state index in [4.69, 9.17) is 11.6 Å². The smallest absolute Gasteiger partial charge is 0.335 e. The maximum atomic E-state index is 13.1. The largest absolute Gasteiger partial charge is 0.478 e. The van der Waals surface area contributed by atoms with Gasteiger partial charge in [0.05, 0.1) is 11.3 Å². The first-order valence-corrected chi connectivity index (χ1v) is 11.5. The molecule has 4 rings (SSSR count). The zero-order chi connectivity index (χ0) is 26.2. The van der Waals surface area contributed by atoms with Gasteiger partial charge < -0.3 is 15.7 Å². The molecule has 186 valence electrons. The predicted octanol–water partition coefficient (Wildman–Crippen LogP) is 3.39. The highest BCUT2D eigenvalue weighted by molar-refractivity contribution is 6.30. The van der Waals surface area contributed by atoms with Gasteiger partial charge in [-0.15, -0.1) is 5.10 Å². The van der Waals surface area contributed by atoms with Crippen LogP contribution in [0.5, 0.6) is 0 Å². The molecule has 0 radical (unpaired) electrons. The molecule has 1 atom stereocenters. The SMILES string of the molecule is O=C(C=Cc1cc(Cl)ccc1-n1cnnn1)N[C@@H](Cc1ccccc1)C(=O)Nc1cccc(C(=O)O)c1. The minimum Gasteiger partial charge on any atom is -0.478 e. The van der Waals surface area contributed by atoms with Crippen LogP contribution in [0.3, 0.4) is 0 Å². The molecule has 1 aromatic heterocycles. The number of carboxylic acid groups (broad SMARTS) is 1. The van der Waals surface area contributed by atoms with Gasteiger partial charge in [0.15, 0.2) is 0 Å².